The van der Waals surface area contributed by atoms with Gasteiger partial charge in [-0.2, -0.15) is 0 Å². The molecule has 2 aliphatic carbocycles. The molecule has 21 heavy (non-hydrogen) atoms. The molecule has 3 fully saturated rings. The van der Waals surface area contributed by atoms with Crippen molar-refractivity contribution in [1.82, 2.24) is 4.90 Å². The molecule has 0 spiro atoms. The Hall–Kier alpha value is -0.610. The zero-order chi connectivity index (χ0) is 14.7. The van der Waals surface area contributed by atoms with E-state index in [4.69, 9.17) is 0 Å². The van der Waals surface area contributed by atoms with Gasteiger partial charge in [-0.25, -0.2) is 4.90 Å². The number of carboxylic acid groups (broad SMARTS) is 1. The Balaban J connectivity index is 1.74. The van der Waals surface area contributed by atoms with Gasteiger partial charge in [0.25, 0.3) is 0 Å². The smallest absolute Gasteiger partial charge is 0.185 e. The second-order valence-corrected chi connectivity index (χ2v) is 7.26. The summed E-state index contributed by atoms with van der Waals surface area (Å²) >= 11 is 0. The first-order valence-electron chi connectivity index (χ1n) is 9.09. The molecule has 2 atom stereocenters. The van der Waals surface area contributed by atoms with Crippen LogP contribution < -0.4 is 10.0 Å². The molecule has 4 heteroatoms. The van der Waals surface area contributed by atoms with E-state index in [0.29, 0.717) is 12.1 Å². The van der Waals surface area contributed by atoms with Crippen LogP contribution in [0.2, 0.25) is 0 Å². The Morgan fingerprint density at radius 2 is 1.52 bits per heavy atom. The predicted molar refractivity (Wildman–Crippen MR) is 79.7 cm³/mol. The zero-order valence-corrected chi connectivity index (χ0v) is 13.2. The number of quaternary nitrogens is 1. The number of carboxylic acids is 1. The summed E-state index contributed by atoms with van der Waals surface area (Å²) in [6, 6.07) is 1.04. The minimum atomic E-state index is -0.833. The van der Waals surface area contributed by atoms with Gasteiger partial charge in [0.05, 0.1) is 12.6 Å². The van der Waals surface area contributed by atoms with Crippen molar-refractivity contribution < 1.29 is 14.8 Å². The van der Waals surface area contributed by atoms with Crippen LogP contribution in [0.5, 0.6) is 0 Å². The molecule has 0 radical (unpaired) electrons. The van der Waals surface area contributed by atoms with E-state index in [1.54, 1.807) is 0 Å². The second-order valence-electron chi connectivity index (χ2n) is 7.26. The van der Waals surface area contributed by atoms with Crippen molar-refractivity contribution in [1.29, 1.82) is 0 Å². The van der Waals surface area contributed by atoms with E-state index >= 15 is 0 Å². The van der Waals surface area contributed by atoms with Crippen LogP contribution in [0, 0.1) is 0 Å². The zero-order valence-electron chi connectivity index (χ0n) is 13.2. The largest absolute Gasteiger partial charge is 0.543 e. The normalized spacial score (nSPS) is 33.9. The standard InChI is InChI=1S/C17H30N2O2/c20-17(21)16-18(14-8-3-1-4-9-14)12-7-13-19(16)15-10-5-2-6-11-15/h14-16H,1-13H2,(H,20,21). The summed E-state index contributed by atoms with van der Waals surface area (Å²) in [5, 5.41) is 11.9. The summed E-state index contributed by atoms with van der Waals surface area (Å²) < 4.78 is 0. The van der Waals surface area contributed by atoms with Gasteiger partial charge in [-0.3, -0.25) is 0 Å². The van der Waals surface area contributed by atoms with Gasteiger partial charge in [0.2, 0.25) is 0 Å². The van der Waals surface area contributed by atoms with Crippen molar-refractivity contribution in [2.75, 3.05) is 13.1 Å². The molecule has 3 rings (SSSR count). The maximum Gasteiger partial charge on any atom is 0.185 e. The second kappa shape index (κ2) is 7.10. The Morgan fingerprint density at radius 1 is 0.905 bits per heavy atom. The summed E-state index contributed by atoms with van der Waals surface area (Å²) in [7, 11) is 0. The fourth-order valence-electron chi connectivity index (χ4n) is 4.94. The van der Waals surface area contributed by atoms with Gasteiger partial charge in [0, 0.05) is 19.0 Å². The number of hydrogen-bond acceptors (Lipinski definition) is 3. The Kier molecular flexibility index (Phi) is 5.17. The fraction of sp³-hybridized carbons (Fsp3) is 0.941. The van der Waals surface area contributed by atoms with E-state index in [2.05, 4.69) is 4.90 Å². The van der Waals surface area contributed by atoms with Crippen molar-refractivity contribution in [2.45, 2.75) is 88.9 Å². The van der Waals surface area contributed by atoms with Crippen LogP contribution >= 0.6 is 0 Å². The molecule has 0 aromatic carbocycles. The van der Waals surface area contributed by atoms with Crippen LogP contribution in [0.25, 0.3) is 0 Å². The van der Waals surface area contributed by atoms with E-state index < -0.39 is 5.97 Å². The summed E-state index contributed by atoms with van der Waals surface area (Å²) in [5.41, 5.74) is 0. The Labute approximate surface area is 128 Å². The number of nitrogens with one attached hydrogen (secondary N) is 1. The highest BCUT2D eigenvalue weighted by Crippen LogP contribution is 2.25. The molecule has 1 saturated heterocycles. The van der Waals surface area contributed by atoms with Crippen molar-refractivity contribution >= 4 is 5.97 Å². The lowest BCUT2D eigenvalue weighted by Gasteiger charge is -2.48. The topological polar surface area (TPSA) is 47.8 Å². The molecule has 2 unspecified atom stereocenters. The highest BCUT2D eigenvalue weighted by Gasteiger charge is 2.41. The molecule has 0 bridgehead atoms. The third kappa shape index (κ3) is 3.42. The molecule has 120 valence electrons. The number of rotatable bonds is 3. The summed E-state index contributed by atoms with van der Waals surface area (Å²) in [4.78, 5) is 15.5. The molecule has 0 aromatic rings. The molecule has 0 aromatic heterocycles. The summed E-state index contributed by atoms with van der Waals surface area (Å²) in [6.45, 7) is 1.98. The molecule has 4 nitrogen and oxygen atoms in total. The number of aliphatic carboxylic acids is 1. The van der Waals surface area contributed by atoms with Gasteiger partial charge in [0.15, 0.2) is 6.17 Å². The highest BCUT2D eigenvalue weighted by molar-refractivity contribution is 5.69. The number of nitrogens with zero attached hydrogens (tertiary/aromatic N) is 1. The predicted octanol–water partition coefficient (Wildman–Crippen LogP) is 0.318. The maximum absolute atomic E-state index is 11.9. The van der Waals surface area contributed by atoms with Gasteiger partial charge in [0.1, 0.15) is 5.97 Å². The van der Waals surface area contributed by atoms with Crippen LogP contribution in [0.4, 0.5) is 0 Å². The van der Waals surface area contributed by atoms with Crippen LogP contribution in [0.15, 0.2) is 0 Å². The molecule has 0 amide bonds. The van der Waals surface area contributed by atoms with Crippen molar-refractivity contribution in [3.8, 4) is 0 Å². The first-order chi connectivity index (χ1) is 10.3. The van der Waals surface area contributed by atoms with Crippen molar-refractivity contribution in [3.63, 3.8) is 0 Å². The lowest BCUT2D eigenvalue weighted by molar-refractivity contribution is -0.961. The van der Waals surface area contributed by atoms with Gasteiger partial charge in [-0.05, 0) is 38.5 Å². The van der Waals surface area contributed by atoms with Crippen molar-refractivity contribution in [2.24, 2.45) is 0 Å². The van der Waals surface area contributed by atoms with E-state index in [1.807, 2.05) is 0 Å². The summed E-state index contributed by atoms with van der Waals surface area (Å²) in [5.74, 6) is -0.833. The van der Waals surface area contributed by atoms with Crippen LogP contribution in [0.3, 0.4) is 0 Å². The van der Waals surface area contributed by atoms with E-state index in [9.17, 15) is 9.90 Å². The van der Waals surface area contributed by atoms with Gasteiger partial charge >= 0.3 is 0 Å². The monoisotopic (exact) mass is 294 g/mol. The number of carbonyl (C=O) groups is 1. The molecule has 1 heterocycles. The first-order valence-corrected chi connectivity index (χ1v) is 9.09. The number of hydrogen-bond donors (Lipinski definition) is 1. The van der Waals surface area contributed by atoms with Crippen LogP contribution in [-0.2, 0) is 4.79 Å². The Bertz CT molecular complexity index is 323. The average molecular weight is 294 g/mol. The molecule has 2 saturated carbocycles. The fourth-order valence-corrected chi connectivity index (χ4v) is 4.94. The third-order valence-electron chi connectivity index (χ3n) is 5.96. The summed E-state index contributed by atoms with van der Waals surface area (Å²) in [6.07, 6.45) is 13.3. The van der Waals surface area contributed by atoms with Crippen LogP contribution in [0.1, 0.15) is 70.6 Å². The van der Waals surface area contributed by atoms with E-state index in [-0.39, 0.29) is 6.17 Å². The van der Waals surface area contributed by atoms with Gasteiger partial charge in [-0.1, -0.05) is 25.7 Å². The van der Waals surface area contributed by atoms with E-state index in [0.717, 1.165) is 19.5 Å². The average Bonchev–Trinajstić information content (AvgIpc) is 2.55. The van der Waals surface area contributed by atoms with Gasteiger partial charge < -0.3 is 14.8 Å². The first kappa shape index (κ1) is 15.3. The lowest BCUT2D eigenvalue weighted by atomic mass is 9.90. The SMILES string of the molecule is O=C([O-])C1N(C2CCCCC2)CCC[NH+]1C1CCCCC1. The third-order valence-corrected chi connectivity index (χ3v) is 5.96. The van der Waals surface area contributed by atoms with Crippen molar-refractivity contribution in [3.05, 3.63) is 0 Å². The van der Waals surface area contributed by atoms with Gasteiger partial charge in [-0.15, -0.1) is 0 Å². The lowest BCUT2D eigenvalue weighted by Crippen LogP contribution is -3.23. The van der Waals surface area contributed by atoms with E-state index in [1.165, 1.54) is 69.1 Å². The maximum atomic E-state index is 11.9. The molecular weight excluding hydrogens is 264 g/mol. The van der Waals surface area contributed by atoms with Crippen LogP contribution in [-0.4, -0.2) is 42.2 Å². The highest BCUT2D eigenvalue weighted by atomic mass is 16.4. The minimum Gasteiger partial charge on any atom is -0.543 e. The molecule has 1 aliphatic heterocycles. The molecule has 3 aliphatic rings. The number of carbonyl (C=O) groups excluding carboxylic acids is 1. The quantitative estimate of drug-likeness (QED) is 0.815. The Morgan fingerprint density at radius 3 is 2.14 bits per heavy atom. The minimum absolute atomic E-state index is 0.384. The molecular formula is C17H30N2O2. The molecule has 1 N–H and O–H groups in total.